The van der Waals surface area contributed by atoms with Crippen LogP contribution in [0.15, 0.2) is 90.6 Å². The van der Waals surface area contributed by atoms with E-state index < -0.39 is 12.1 Å². The van der Waals surface area contributed by atoms with Gasteiger partial charge in [-0.15, -0.1) is 11.3 Å². The van der Waals surface area contributed by atoms with E-state index in [0.29, 0.717) is 35.6 Å². The van der Waals surface area contributed by atoms with E-state index in [-0.39, 0.29) is 17.7 Å². The maximum absolute atomic E-state index is 13.8. The van der Waals surface area contributed by atoms with Crippen LogP contribution in [0, 0.1) is 0 Å². The second-order valence-electron chi connectivity index (χ2n) is 8.64. The number of nitrogens with one attached hydrogen (secondary N) is 2. The Labute approximate surface area is 218 Å². The highest BCUT2D eigenvalue weighted by atomic mass is 32.1. The highest BCUT2D eigenvalue weighted by molar-refractivity contribution is 7.14. The highest BCUT2D eigenvalue weighted by Crippen LogP contribution is 2.28. The largest absolute Gasteiger partial charge is 0.336 e. The number of pyridine rings is 1. The average Bonchev–Trinajstić information content (AvgIpc) is 3.63. The molecule has 0 bridgehead atoms. The van der Waals surface area contributed by atoms with Gasteiger partial charge >= 0.3 is 0 Å². The van der Waals surface area contributed by atoms with Crippen LogP contribution in [-0.2, 0) is 9.59 Å². The second kappa shape index (κ2) is 11.1. The van der Waals surface area contributed by atoms with Crippen molar-refractivity contribution in [1.82, 2.24) is 20.2 Å². The van der Waals surface area contributed by atoms with Gasteiger partial charge < -0.3 is 15.5 Å². The topological polar surface area (TPSA) is 104 Å². The van der Waals surface area contributed by atoms with Crippen LogP contribution in [0.2, 0.25) is 0 Å². The summed E-state index contributed by atoms with van der Waals surface area (Å²) in [5, 5.41) is 8.11. The number of anilines is 1. The predicted molar refractivity (Wildman–Crippen MR) is 142 cm³/mol. The Morgan fingerprint density at radius 2 is 1.65 bits per heavy atom. The molecule has 1 aliphatic heterocycles. The first-order valence-electron chi connectivity index (χ1n) is 12.0. The van der Waals surface area contributed by atoms with Crippen LogP contribution in [-0.4, -0.2) is 45.2 Å². The van der Waals surface area contributed by atoms with E-state index in [9.17, 15) is 14.4 Å². The maximum Gasteiger partial charge on any atom is 0.252 e. The summed E-state index contributed by atoms with van der Waals surface area (Å²) in [6.45, 7) is 0.429. The molecule has 1 aliphatic rings. The van der Waals surface area contributed by atoms with E-state index >= 15 is 0 Å². The Morgan fingerprint density at radius 1 is 0.946 bits per heavy atom. The molecule has 37 heavy (non-hydrogen) atoms. The lowest BCUT2D eigenvalue weighted by Gasteiger charge is -2.28. The van der Waals surface area contributed by atoms with Gasteiger partial charge in [-0.2, -0.15) is 0 Å². The molecule has 2 aromatic carbocycles. The van der Waals surface area contributed by atoms with Crippen LogP contribution < -0.4 is 10.6 Å². The van der Waals surface area contributed by atoms with Gasteiger partial charge in [0, 0.05) is 35.4 Å². The first-order valence-corrected chi connectivity index (χ1v) is 12.9. The number of rotatable bonds is 7. The summed E-state index contributed by atoms with van der Waals surface area (Å²) < 4.78 is 0. The zero-order valence-electron chi connectivity index (χ0n) is 19.9. The van der Waals surface area contributed by atoms with Crippen molar-refractivity contribution in [2.24, 2.45) is 0 Å². The third kappa shape index (κ3) is 5.57. The van der Waals surface area contributed by atoms with E-state index in [2.05, 4.69) is 20.6 Å². The fourth-order valence-electron chi connectivity index (χ4n) is 4.38. The van der Waals surface area contributed by atoms with Crippen molar-refractivity contribution in [3.05, 3.63) is 102 Å². The smallest absolute Gasteiger partial charge is 0.252 e. The monoisotopic (exact) mass is 511 g/mol. The van der Waals surface area contributed by atoms with Crippen LogP contribution in [0.1, 0.15) is 34.8 Å². The van der Waals surface area contributed by atoms with E-state index in [0.717, 1.165) is 11.3 Å². The van der Waals surface area contributed by atoms with Gasteiger partial charge in [0.25, 0.3) is 5.91 Å². The minimum Gasteiger partial charge on any atom is -0.336 e. The Morgan fingerprint density at radius 3 is 2.38 bits per heavy atom. The molecule has 1 saturated heterocycles. The van der Waals surface area contributed by atoms with Gasteiger partial charge in [0.15, 0.2) is 5.13 Å². The number of carbonyl (C=O) groups is 3. The Kier molecular flexibility index (Phi) is 7.32. The minimum absolute atomic E-state index is 0.285. The van der Waals surface area contributed by atoms with Gasteiger partial charge in [-0.1, -0.05) is 60.7 Å². The molecule has 3 heterocycles. The van der Waals surface area contributed by atoms with Gasteiger partial charge in [-0.25, -0.2) is 4.98 Å². The first-order chi connectivity index (χ1) is 18.1. The zero-order valence-corrected chi connectivity index (χ0v) is 20.7. The van der Waals surface area contributed by atoms with Crippen molar-refractivity contribution in [2.75, 3.05) is 11.9 Å². The fourth-order valence-corrected chi connectivity index (χ4v) is 5.10. The Bertz CT molecular complexity index is 1380. The van der Waals surface area contributed by atoms with Crippen LogP contribution in [0.3, 0.4) is 0 Å². The molecule has 3 amide bonds. The number of likely N-dealkylation sites (tertiary alicyclic amines) is 1. The average molecular weight is 512 g/mol. The maximum atomic E-state index is 13.8. The number of aromatic nitrogens is 2. The van der Waals surface area contributed by atoms with Gasteiger partial charge in [-0.3, -0.25) is 19.4 Å². The normalized spacial score (nSPS) is 15.7. The molecule has 0 spiro atoms. The van der Waals surface area contributed by atoms with Crippen LogP contribution in [0.5, 0.6) is 0 Å². The van der Waals surface area contributed by atoms with Crippen molar-refractivity contribution in [3.8, 4) is 11.3 Å². The lowest BCUT2D eigenvalue weighted by atomic mass is 10.0. The molecular weight excluding hydrogens is 486 g/mol. The summed E-state index contributed by atoms with van der Waals surface area (Å²) in [6.07, 6.45) is 4.28. The summed E-state index contributed by atoms with van der Waals surface area (Å²) in [5.74, 6) is -0.997. The number of hydrogen-bond acceptors (Lipinski definition) is 6. The lowest BCUT2D eigenvalue weighted by Crippen LogP contribution is -2.48. The predicted octanol–water partition coefficient (Wildman–Crippen LogP) is 4.31. The van der Waals surface area contributed by atoms with Gasteiger partial charge in [0.1, 0.15) is 12.1 Å². The SMILES string of the molecule is O=C(N[C@@H](C(=O)N1CCC[C@H]1C(=O)Nc1nc(-c2ccccc2)cs1)c1ccccc1)c1ccncc1. The molecule has 186 valence electrons. The molecule has 4 aromatic rings. The molecule has 1 fully saturated rings. The number of thiazole rings is 1. The van der Waals surface area contributed by atoms with Crippen LogP contribution in [0.25, 0.3) is 11.3 Å². The molecule has 2 aromatic heterocycles. The Hall–Kier alpha value is -4.37. The molecule has 9 heteroatoms. The number of benzene rings is 2. The quantitative estimate of drug-likeness (QED) is 0.385. The van der Waals surface area contributed by atoms with E-state index in [1.807, 2.05) is 53.9 Å². The number of nitrogens with zero attached hydrogens (tertiary/aromatic N) is 3. The zero-order chi connectivity index (χ0) is 25.6. The van der Waals surface area contributed by atoms with Crippen molar-refractivity contribution >= 4 is 34.2 Å². The molecule has 5 rings (SSSR count). The van der Waals surface area contributed by atoms with Crippen molar-refractivity contribution in [1.29, 1.82) is 0 Å². The molecule has 2 N–H and O–H groups in total. The molecule has 8 nitrogen and oxygen atoms in total. The third-order valence-electron chi connectivity index (χ3n) is 6.24. The van der Waals surface area contributed by atoms with Gasteiger partial charge in [-0.05, 0) is 30.5 Å². The second-order valence-corrected chi connectivity index (χ2v) is 9.49. The highest BCUT2D eigenvalue weighted by Gasteiger charge is 2.38. The van der Waals surface area contributed by atoms with Gasteiger partial charge in [0.05, 0.1) is 5.69 Å². The van der Waals surface area contributed by atoms with Gasteiger partial charge in [0.2, 0.25) is 11.8 Å². The van der Waals surface area contributed by atoms with E-state index in [1.165, 1.54) is 23.7 Å². The Balaban J connectivity index is 1.33. The molecule has 2 atom stereocenters. The number of amides is 3. The summed E-state index contributed by atoms with van der Waals surface area (Å²) in [4.78, 5) is 50.0. The molecule has 0 saturated carbocycles. The van der Waals surface area contributed by atoms with Crippen molar-refractivity contribution in [3.63, 3.8) is 0 Å². The fraction of sp³-hybridized carbons (Fsp3) is 0.179. The number of carbonyl (C=O) groups excluding carboxylic acids is 3. The van der Waals surface area contributed by atoms with E-state index in [4.69, 9.17) is 0 Å². The molecule has 0 radical (unpaired) electrons. The minimum atomic E-state index is -0.931. The summed E-state index contributed by atoms with van der Waals surface area (Å²) in [7, 11) is 0. The standard InChI is InChI=1S/C28H25N5O3S/c34-25(21-13-15-29-16-14-21)31-24(20-10-5-2-6-11-20)27(36)33-17-7-12-23(33)26(35)32-28-30-22(18-37-28)19-8-3-1-4-9-19/h1-6,8-11,13-16,18,23-24H,7,12,17H2,(H,31,34)(H,30,32,35)/t23-,24+/m0/s1. The molecule has 0 aliphatic carbocycles. The lowest BCUT2D eigenvalue weighted by molar-refractivity contribution is -0.138. The summed E-state index contributed by atoms with van der Waals surface area (Å²) in [5.41, 5.74) is 2.79. The van der Waals surface area contributed by atoms with Crippen molar-refractivity contribution in [2.45, 2.75) is 24.9 Å². The summed E-state index contributed by atoms with van der Waals surface area (Å²) >= 11 is 1.34. The third-order valence-corrected chi connectivity index (χ3v) is 7.00. The van der Waals surface area contributed by atoms with Crippen molar-refractivity contribution < 1.29 is 14.4 Å². The molecule has 0 unspecified atom stereocenters. The van der Waals surface area contributed by atoms with Crippen LogP contribution >= 0.6 is 11.3 Å². The molecular formula is C28H25N5O3S. The van der Waals surface area contributed by atoms with Crippen LogP contribution in [0.4, 0.5) is 5.13 Å². The summed E-state index contributed by atoms with van der Waals surface area (Å²) in [6, 6.07) is 20.4. The first kappa shape index (κ1) is 24.3. The number of hydrogen-bond donors (Lipinski definition) is 2. The van der Waals surface area contributed by atoms with E-state index in [1.54, 1.807) is 29.2 Å².